The Kier molecular flexibility index (Phi) is 4.13. The number of anilines is 2. The molecule has 3 N–H and O–H groups in total. The van der Waals surface area contributed by atoms with Crippen molar-refractivity contribution >= 4 is 33.2 Å². The van der Waals surface area contributed by atoms with E-state index in [1.807, 2.05) is 37.2 Å². The van der Waals surface area contributed by atoms with E-state index in [4.69, 9.17) is 10.5 Å². The Balaban J connectivity index is 2.23. The molecule has 1 heterocycles. The van der Waals surface area contributed by atoms with E-state index in [0.717, 1.165) is 15.8 Å². The van der Waals surface area contributed by atoms with E-state index in [2.05, 4.69) is 21.2 Å². The smallest absolute Gasteiger partial charge is 0.247 e. The summed E-state index contributed by atoms with van der Waals surface area (Å²) in [5, 5.41) is 2.90. The van der Waals surface area contributed by atoms with E-state index in [0.29, 0.717) is 13.0 Å². The average molecular weight is 328 g/mol. The second-order valence-electron chi connectivity index (χ2n) is 4.97. The molecule has 0 bridgehead atoms. The fourth-order valence-corrected chi connectivity index (χ4v) is 2.37. The Hall–Kier alpha value is -1.11. The molecule has 1 aromatic carbocycles. The van der Waals surface area contributed by atoms with Crippen molar-refractivity contribution in [1.29, 1.82) is 0 Å². The second kappa shape index (κ2) is 5.48. The van der Waals surface area contributed by atoms with E-state index >= 15 is 0 Å². The highest BCUT2D eigenvalue weighted by atomic mass is 79.9. The number of halogens is 1. The third-order valence-electron chi connectivity index (χ3n) is 3.19. The number of amides is 1. The number of hydrogen-bond donors (Lipinski definition) is 2. The molecule has 1 amide bonds. The first-order chi connectivity index (χ1) is 8.92. The zero-order valence-electron chi connectivity index (χ0n) is 11.1. The van der Waals surface area contributed by atoms with Gasteiger partial charge >= 0.3 is 0 Å². The largest absolute Gasteiger partial charge is 0.379 e. The summed E-state index contributed by atoms with van der Waals surface area (Å²) in [7, 11) is 3.85. The van der Waals surface area contributed by atoms with Crippen LogP contribution in [0.15, 0.2) is 22.7 Å². The van der Waals surface area contributed by atoms with Crippen molar-refractivity contribution in [2.24, 2.45) is 5.73 Å². The predicted octanol–water partition coefficient (Wildman–Crippen LogP) is 1.57. The average Bonchev–Trinajstić information content (AvgIpc) is 2.77. The van der Waals surface area contributed by atoms with E-state index in [1.54, 1.807) is 0 Å². The molecule has 0 radical (unpaired) electrons. The predicted molar refractivity (Wildman–Crippen MR) is 79.5 cm³/mol. The highest BCUT2D eigenvalue weighted by Crippen LogP contribution is 2.29. The number of ether oxygens (including phenoxy) is 1. The quantitative estimate of drug-likeness (QED) is 0.884. The van der Waals surface area contributed by atoms with Crippen LogP contribution in [-0.4, -0.2) is 38.8 Å². The molecule has 104 valence electrons. The van der Waals surface area contributed by atoms with E-state index in [9.17, 15) is 4.79 Å². The van der Waals surface area contributed by atoms with Crippen LogP contribution in [0.4, 0.5) is 11.4 Å². The van der Waals surface area contributed by atoms with Gasteiger partial charge in [-0.05, 0) is 24.6 Å². The van der Waals surface area contributed by atoms with Gasteiger partial charge in [0.2, 0.25) is 5.91 Å². The van der Waals surface area contributed by atoms with Gasteiger partial charge in [-0.3, -0.25) is 4.79 Å². The maximum absolute atomic E-state index is 12.3. The highest BCUT2D eigenvalue weighted by molar-refractivity contribution is 9.10. The molecule has 1 aliphatic rings. The molecule has 6 heteroatoms. The van der Waals surface area contributed by atoms with Gasteiger partial charge in [0.1, 0.15) is 5.54 Å². The number of rotatable bonds is 3. The first kappa shape index (κ1) is 14.3. The molecule has 1 atom stereocenters. The van der Waals surface area contributed by atoms with Crippen molar-refractivity contribution in [3.8, 4) is 0 Å². The highest BCUT2D eigenvalue weighted by Gasteiger charge is 2.38. The first-order valence-corrected chi connectivity index (χ1v) is 6.87. The van der Waals surface area contributed by atoms with E-state index in [-0.39, 0.29) is 12.5 Å². The fraction of sp³-hybridized carbons (Fsp3) is 0.462. The number of nitrogens with two attached hydrogens (primary N) is 1. The van der Waals surface area contributed by atoms with Gasteiger partial charge in [0.15, 0.2) is 0 Å². The van der Waals surface area contributed by atoms with Gasteiger partial charge in [-0.1, -0.05) is 15.9 Å². The Morgan fingerprint density at radius 3 is 2.84 bits per heavy atom. The normalized spacial score (nSPS) is 22.3. The molecule has 1 unspecified atom stereocenters. The second-order valence-corrected chi connectivity index (χ2v) is 5.88. The lowest BCUT2D eigenvalue weighted by molar-refractivity contribution is -0.121. The van der Waals surface area contributed by atoms with Gasteiger partial charge in [-0.25, -0.2) is 0 Å². The SMILES string of the molecule is CN(C)c1ccc(Br)cc1NC(=O)C1(N)CCOC1. The molecule has 1 fully saturated rings. The van der Waals surface area contributed by atoms with Crippen LogP contribution in [0.3, 0.4) is 0 Å². The van der Waals surface area contributed by atoms with Gasteiger partial charge in [0, 0.05) is 25.2 Å². The van der Waals surface area contributed by atoms with E-state index < -0.39 is 5.54 Å². The molecule has 19 heavy (non-hydrogen) atoms. The van der Waals surface area contributed by atoms with Crippen molar-refractivity contribution in [1.82, 2.24) is 0 Å². The molecule has 5 nitrogen and oxygen atoms in total. The lowest BCUT2D eigenvalue weighted by atomic mass is 9.99. The number of carbonyl (C=O) groups excluding carboxylic acids is 1. The summed E-state index contributed by atoms with van der Waals surface area (Å²) in [5.74, 6) is -0.203. The van der Waals surface area contributed by atoms with Gasteiger partial charge in [0.05, 0.1) is 18.0 Å². The minimum absolute atomic E-state index is 0.203. The molecule has 1 aliphatic heterocycles. The summed E-state index contributed by atoms with van der Waals surface area (Å²) in [6.45, 7) is 0.799. The van der Waals surface area contributed by atoms with Crippen LogP contribution in [0.5, 0.6) is 0 Å². The third kappa shape index (κ3) is 3.08. The Bertz CT molecular complexity index is 485. The van der Waals surface area contributed by atoms with Crippen molar-refractivity contribution < 1.29 is 9.53 Å². The number of hydrogen-bond acceptors (Lipinski definition) is 4. The zero-order chi connectivity index (χ0) is 14.0. The molecule has 0 aliphatic carbocycles. The maximum Gasteiger partial charge on any atom is 0.247 e. The van der Waals surface area contributed by atoms with Crippen molar-refractivity contribution in [3.05, 3.63) is 22.7 Å². The molecular formula is C13H18BrN3O2. The monoisotopic (exact) mass is 327 g/mol. The van der Waals surface area contributed by atoms with Crippen LogP contribution in [0, 0.1) is 0 Å². The van der Waals surface area contributed by atoms with Gasteiger partial charge in [0.25, 0.3) is 0 Å². The van der Waals surface area contributed by atoms with Crippen LogP contribution in [0.2, 0.25) is 0 Å². The van der Waals surface area contributed by atoms with E-state index in [1.165, 1.54) is 0 Å². The summed E-state index contributed by atoms with van der Waals surface area (Å²) in [5.41, 5.74) is 6.79. The summed E-state index contributed by atoms with van der Waals surface area (Å²) in [6, 6.07) is 5.74. The molecule has 1 aromatic rings. The summed E-state index contributed by atoms with van der Waals surface area (Å²) in [4.78, 5) is 14.2. The van der Waals surface area contributed by atoms with Crippen molar-refractivity contribution in [3.63, 3.8) is 0 Å². The summed E-state index contributed by atoms with van der Waals surface area (Å²) in [6.07, 6.45) is 0.546. The number of nitrogens with zero attached hydrogens (tertiary/aromatic N) is 1. The standard InChI is InChI=1S/C13H18BrN3O2/c1-17(2)11-4-3-9(14)7-10(11)16-12(18)13(15)5-6-19-8-13/h3-4,7H,5-6,8,15H2,1-2H3,(H,16,18). The van der Waals surface area contributed by atoms with Gasteiger partial charge < -0.3 is 20.7 Å². The Morgan fingerprint density at radius 2 is 2.26 bits per heavy atom. The Morgan fingerprint density at radius 1 is 1.53 bits per heavy atom. The Labute approximate surface area is 121 Å². The van der Waals surface area contributed by atoms with Crippen LogP contribution >= 0.6 is 15.9 Å². The van der Waals surface area contributed by atoms with Crippen molar-refractivity contribution in [2.75, 3.05) is 37.5 Å². The summed E-state index contributed by atoms with van der Waals surface area (Å²) < 4.78 is 6.12. The van der Waals surface area contributed by atoms with Crippen LogP contribution in [-0.2, 0) is 9.53 Å². The maximum atomic E-state index is 12.3. The lowest BCUT2D eigenvalue weighted by Crippen LogP contribution is -2.51. The molecule has 2 rings (SSSR count). The molecule has 0 aromatic heterocycles. The number of benzene rings is 1. The van der Waals surface area contributed by atoms with Gasteiger partial charge in [-0.2, -0.15) is 0 Å². The van der Waals surface area contributed by atoms with Gasteiger partial charge in [-0.15, -0.1) is 0 Å². The molecular weight excluding hydrogens is 310 g/mol. The molecule has 0 spiro atoms. The minimum atomic E-state index is -0.925. The number of nitrogens with one attached hydrogen (secondary N) is 1. The summed E-state index contributed by atoms with van der Waals surface area (Å²) >= 11 is 3.41. The first-order valence-electron chi connectivity index (χ1n) is 6.07. The lowest BCUT2D eigenvalue weighted by Gasteiger charge is -2.23. The minimum Gasteiger partial charge on any atom is -0.379 e. The van der Waals surface area contributed by atoms with Crippen LogP contribution in [0.25, 0.3) is 0 Å². The number of carbonyl (C=O) groups is 1. The molecule has 0 saturated carbocycles. The topological polar surface area (TPSA) is 67.6 Å². The molecule has 1 saturated heterocycles. The third-order valence-corrected chi connectivity index (χ3v) is 3.69. The van der Waals surface area contributed by atoms with Crippen LogP contribution in [0.1, 0.15) is 6.42 Å². The zero-order valence-corrected chi connectivity index (χ0v) is 12.7. The van der Waals surface area contributed by atoms with Crippen molar-refractivity contribution in [2.45, 2.75) is 12.0 Å². The van der Waals surface area contributed by atoms with Crippen LogP contribution < -0.4 is 16.0 Å². The fourth-order valence-electron chi connectivity index (χ4n) is 2.00.